The van der Waals surface area contributed by atoms with Crippen LogP contribution in [0.5, 0.6) is 0 Å². The molecule has 0 amide bonds. The summed E-state index contributed by atoms with van der Waals surface area (Å²) in [5, 5.41) is -1.57. The number of hydrogen-bond donors (Lipinski definition) is 0. The third-order valence-corrected chi connectivity index (χ3v) is 5.46. The van der Waals surface area contributed by atoms with Crippen LogP contribution in [0.2, 0.25) is 5.02 Å². The molecular weight excluding hydrogens is 315 g/mol. The van der Waals surface area contributed by atoms with Gasteiger partial charge in [-0.15, -0.1) is 0 Å². The van der Waals surface area contributed by atoms with E-state index in [2.05, 4.69) is 0 Å². The lowest BCUT2D eigenvalue weighted by atomic mass is 10.1. The SMILES string of the molecule is CC(C(=O)c1ccccc1)S(=O)(=O)c1ccc(F)c(Cl)c1. The molecular formula is C15H12ClFO3S. The van der Waals surface area contributed by atoms with Gasteiger partial charge in [-0.3, -0.25) is 4.79 Å². The van der Waals surface area contributed by atoms with E-state index in [1.807, 2.05) is 0 Å². The Hall–Kier alpha value is -1.72. The smallest absolute Gasteiger partial charge is 0.188 e. The van der Waals surface area contributed by atoms with Crippen LogP contribution in [0, 0.1) is 5.82 Å². The molecule has 2 aromatic carbocycles. The number of benzene rings is 2. The highest BCUT2D eigenvalue weighted by atomic mass is 35.5. The number of carbonyl (C=O) groups excluding carboxylic acids is 1. The fourth-order valence-corrected chi connectivity index (χ4v) is 3.45. The fraction of sp³-hybridized carbons (Fsp3) is 0.133. The summed E-state index contributed by atoms with van der Waals surface area (Å²) in [5.74, 6) is -1.23. The average molecular weight is 327 g/mol. The molecule has 0 heterocycles. The highest BCUT2D eigenvalue weighted by molar-refractivity contribution is 7.92. The molecule has 0 aliphatic rings. The molecule has 0 radical (unpaired) electrons. The lowest BCUT2D eigenvalue weighted by molar-refractivity contribution is 0.0991. The first-order valence-electron chi connectivity index (χ1n) is 6.12. The standard InChI is InChI=1S/C15H12ClFO3S/c1-10(15(18)11-5-3-2-4-6-11)21(19,20)12-7-8-14(17)13(16)9-12/h2-10H,1H3. The fourth-order valence-electron chi connectivity index (χ4n) is 1.84. The van der Waals surface area contributed by atoms with Crippen molar-refractivity contribution in [2.75, 3.05) is 0 Å². The van der Waals surface area contributed by atoms with Gasteiger partial charge in [0.1, 0.15) is 11.1 Å². The molecule has 21 heavy (non-hydrogen) atoms. The van der Waals surface area contributed by atoms with Gasteiger partial charge in [0.25, 0.3) is 0 Å². The van der Waals surface area contributed by atoms with Crippen molar-refractivity contribution >= 4 is 27.2 Å². The molecule has 0 aromatic heterocycles. The van der Waals surface area contributed by atoms with E-state index in [4.69, 9.17) is 11.6 Å². The quantitative estimate of drug-likeness (QED) is 0.638. The zero-order valence-corrected chi connectivity index (χ0v) is 12.7. The van der Waals surface area contributed by atoms with Gasteiger partial charge >= 0.3 is 0 Å². The molecule has 0 saturated heterocycles. The van der Waals surface area contributed by atoms with Crippen LogP contribution >= 0.6 is 11.6 Å². The summed E-state index contributed by atoms with van der Waals surface area (Å²) in [6.07, 6.45) is 0. The first kappa shape index (κ1) is 15.7. The zero-order chi connectivity index (χ0) is 15.6. The van der Waals surface area contributed by atoms with Crippen LogP contribution in [0.25, 0.3) is 0 Å². The van der Waals surface area contributed by atoms with Crippen molar-refractivity contribution in [2.45, 2.75) is 17.1 Å². The second kappa shape index (κ2) is 5.95. The van der Waals surface area contributed by atoms with E-state index < -0.39 is 26.7 Å². The van der Waals surface area contributed by atoms with Gasteiger partial charge in [-0.2, -0.15) is 0 Å². The maximum absolute atomic E-state index is 13.1. The second-order valence-electron chi connectivity index (χ2n) is 4.49. The van der Waals surface area contributed by atoms with Crippen LogP contribution in [0.4, 0.5) is 4.39 Å². The van der Waals surface area contributed by atoms with Crippen LogP contribution in [0.15, 0.2) is 53.4 Å². The molecule has 1 atom stereocenters. The maximum Gasteiger partial charge on any atom is 0.188 e. The van der Waals surface area contributed by atoms with Gasteiger partial charge in [-0.25, -0.2) is 12.8 Å². The molecule has 1 unspecified atom stereocenters. The van der Waals surface area contributed by atoms with Crippen molar-refractivity contribution in [3.8, 4) is 0 Å². The molecule has 110 valence electrons. The van der Waals surface area contributed by atoms with Gasteiger partial charge in [-0.05, 0) is 25.1 Å². The van der Waals surface area contributed by atoms with E-state index in [-0.39, 0.29) is 9.92 Å². The maximum atomic E-state index is 13.1. The van der Waals surface area contributed by atoms with Gasteiger partial charge < -0.3 is 0 Å². The zero-order valence-electron chi connectivity index (χ0n) is 11.1. The predicted octanol–water partition coefficient (Wildman–Crippen LogP) is 3.52. The molecule has 6 heteroatoms. The summed E-state index contributed by atoms with van der Waals surface area (Å²) in [6, 6.07) is 11.2. The third-order valence-electron chi connectivity index (χ3n) is 3.11. The lowest BCUT2D eigenvalue weighted by Crippen LogP contribution is -2.27. The van der Waals surface area contributed by atoms with Crippen LogP contribution in [-0.4, -0.2) is 19.5 Å². The topological polar surface area (TPSA) is 51.2 Å². The molecule has 2 rings (SSSR count). The molecule has 0 bridgehead atoms. The number of hydrogen-bond acceptors (Lipinski definition) is 3. The summed E-state index contributed by atoms with van der Waals surface area (Å²) in [4.78, 5) is 12.1. The normalized spacial score (nSPS) is 12.9. The predicted molar refractivity (Wildman–Crippen MR) is 78.8 cm³/mol. The molecule has 0 spiro atoms. The van der Waals surface area contributed by atoms with Gasteiger partial charge in [0, 0.05) is 5.56 Å². The minimum atomic E-state index is -3.93. The first-order chi connectivity index (χ1) is 9.84. The Balaban J connectivity index is 2.39. The van der Waals surface area contributed by atoms with E-state index in [0.717, 1.165) is 18.2 Å². The van der Waals surface area contributed by atoms with Crippen molar-refractivity contribution in [3.63, 3.8) is 0 Å². The van der Waals surface area contributed by atoms with Crippen molar-refractivity contribution in [1.29, 1.82) is 0 Å². The largest absolute Gasteiger partial charge is 0.293 e. The first-order valence-corrected chi connectivity index (χ1v) is 8.04. The second-order valence-corrected chi connectivity index (χ2v) is 7.17. The Labute approximate surface area is 127 Å². The van der Waals surface area contributed by atoms with E-state index >= 15 is 0 Å². The summed E-state index contributed by atoms with van der Waals surface area (Å²) in [5.41, 5.74) is 0.307. The van der Waals surface area contributed by atoms with Gasteiger partial charge in [0.15, 0.2) is 15.6 Å². The number of rotatable bonds is 4. The molecule has 0 N–H and O–H groups in total. The van der Waals surface area contributed by atoms with E-state index in [0.29, 0.717) is 5.56 Å². The lowest BCUT2D eigenvalue weighted by Gasteiger charge is -2.12. The minimum Gasteiger partial charge on any atom is -0.293 e. The molecule has 0 aliphatic carbocycles. The van der Waals surface area contributed by atoms with E-state index in [1.54, 1.807) is 30.3 Å². The van der Waals surface area contributed by atoms with Crippen molar-refractivity contribution < 1.29 is 17.6 Å². The third kappa shape index (κ3) is 3.14. The Morgan fingerprint density at radius 1 is 1.14 bits per heavy atom. The minimum absolute atomic E-state index is 0.175. The highest BCUT2D eigenvalue weighted by Gasteiger charge is 2.30. The monoisotopic (exact) mass is 326 g/mol. The molecule has 2 aromatic rings. The molecule has 0 saturated carbocycles. The van der Waals surface area contributed by atoms with E-state index in [9.17, 15) is 17.6 Å². The molecule has 3 nitrogen and oxygen atoms in total. The highest BCUT2D eigenvalue weighted by Crippen LogP contribution is 2.24. The van der Waals surface area contributed by atoms with E-state index in [1.165, 1.54) is 6.92 Å². The summed E-state index contributed by atoms with van der Waals surface area (Å²) in [7, 11) is -3.93. The summed E-state index contributed by atoms with van der Waals surface area (Å²) < 4.78 is 37.9. The Kier molecular flexibility index (Phi) is 4.44. The molecule has 0 fully saturated rings. The van der Waals surface area contributed by atoms with Crippen molar-refractivity contribution in [3.05, 3.63) is 64.9 Å². The van der Waals surface area contributed by atoms with Crippen molar-refractivity contribution in [2.24, 2.45) is 0 Å². The van der Waals surface area contributed by atoms with Crippen LogP contribution in [-0.2, 0) is 9.84 Å². The number of halogens is 2. The van der Waals surface area contributed by atoms with Gasteiger partial charge in [0.2, 0.25) is 0 Å². The Bertz CT molecular complexity index is 773. The van der Waals surface area contributed by atoms with Crippen LogP contribution < -0.4 is 0 Å². The number of sulfone groups is 1. The number of ketones is 1. The summed E-state index contributed by atoms with van der Waals surface area (Å²) in [6.45, 7) is 1.31. The molecule has 0 aliphatic heterocycles. The van der Waals surface area contributed by atoms with Crippen LogP contribution in [0.1, 0.15) is 17.3 Å². The van der Waals surface area contributed by atoms with Gasteiger partial charge in [0.05, 0.1) is 9.92 Å². The Morgan fingerprint density at radius 2 is 1.76 bits per heavy atom. The number of Topliss-reactive ketones (excluding diaryl/α,β-unsaturated/α-hetero) is 1. The Morgan fingerprint density at radius 3 is 2.33 bits per heavy atom. The van der Waals surface area contributed by atoms with Crippen molar-refractivity contribution in [1.82, 2.24) is 0 Å². The van der Waals surface area contributed by atoms with Gasteiger partial charge in [-0.1, -0.05) is 41.9 Å². The van der Waals surface area contributed by atoms with Crippen LogP contribution in [0.3, 0.4) is 0 Å². The average Bonchev–Trinajstić information content (AvgIpc) is 2.49. The number of carbonyl (C=O) groups is 1. The summed E-state index contributed by atoms with van der Waals surface area (Å²) >= 11 is 5.60.